The van der Waals surface area contributed by atoms with Gasteiger partial charge in [0.1, 0.15) is 18.4 Å². The van der Waals surface area contributed by atoms with Gasteiger partial charge in [-0.05, 0) is 31.2 Å². The van der Waals surface area contributed by atoms with E-state index in [0.29, 0.717) is 5.75 Å². The predicted molar refractivity (Wildman–Crippen MR) is 68.6 cm³/mol. The molecule has 0 unspecified atom stereocenters. The first-order valence-corrected chi connectivity index (χ1v) is 6.02. The molecule has 0 spiro atoms. The zero-order valence-corrected chi connectivity index (χ0v) is 11.2. The van der Waals surface area contributed by atoms with Crippen LogP contribution in [0.5, 0.6) is 5.75 Å². The maximum absolute atomic E-state index is 11.8. The van der Waals surface area contributed by atoms with Crippen LogP contribution in [-0.2, 0) is 4.79 Å². The molecule has 1 N–H and O–H groups in total. The van der Waals surface area contributed by atoms with Crippen molar-refractivity contribution in [3.05, 3.63) is 41.4 Å². The van der Waals surface area contributed by atoms with E-state index in [4.69, 9.17) is 4.74 Å². The monoisotopic (exact) mass is 310 g/mol. The average molecular weight is 311 g/mol. The zero-order valence-electron chi connectivity index (χ0n) is 9.58. The number of carbonyl (C=O) groups is 1. The van der Waals surface area contributed by atoms with Crippen molar-refractivity contribution in [1.82, 2.24) is 14.9 Å². The Hall–Kier alpha value is -1.89. The largest absolute Gasteiger partial charge is 0.481 e. The highest BCUT2D eigenvalue weighted by Gasteiger charge is 2.14. The first-order valence-electron chi connectivity index (χ1n) is 5.23. The van der Waals surface area contributed by atoms with Crippen LogP contribution in [0.4, 0.5) is 0 Å². The molecule has 2 rings (SSSR count). The van der Waals surface area contributed by atoms with E-state index >= 15 is 0 Å². The molecule has 94 valence electrons. The van der Waals surface area contributed by atoms with Crippen LogP contribution in [0, 0.1) is 0 Å². The van der Waals surface area contributed by atoms with E-state index in [1.807, 2.05) is 12.1 Å². The van der Waals surface area contributed by atoms with E-state index in [1.165, 1.54) is 17.3 Å². The minimum atomic E-state index is -0.617. The highest BCUT2D eigenvalue weighted by atomic mass is 79.9. The summed E-state index contributed by atoms with van der Waals surface area (Å²) in [4.78, 5) is 11.8. The lowest BCUT2D eigenvalue weighted by Crippen LogP contribution is -2.34. The molecular weight excluding hydrogens is 300 g/mol. The SMILES string of the molecule is C[C@@H](Oc1ccc(Br)cc1)C(=O)Nn1cnnc1. The fraction of sp³-hybridized carbons (Fsp3) is 0.182. The minimum absolute atomic E-state index is 0.280. The summed E-state index contributed by atoms with van der Waals surface area (Å²) < 4.78 is 7.81. The van der Waals surface area contributed by atoms with Gasteiger partial charge in [0, 0.05) is 4.47 Å². The average Bonchev–Trinajstić information content (AvgIpc) is 2.85. The third-order valence-electron chi connectivity index (χ3n) is 2.15. The van der Waals surface area contributed by atoms with Crippen LogP contribution in [0.3, 0.4) is 0 Å². The van der Waals surface area contributed by atoms with E-state index in [-0.39, 0.29) is 5.91 Å². The summed E-state index contributed by atoms with van der Waals surface area (Å²) in [6.07, 6.45) is 2.17. The number of benzene rings is 1. The van der Waals surface area contributed by atoms with E-state index < -0.39 is 6.10 Å². The Kier molecular flexibility index (Phi) is 3.93. The smallest absolute Gasteiger partial charge is 0.279 e. The van der Waals surface area contributed by atoms with Crippen LogP contribution < -0.4 is 10.2 Å². The normalized spacial score (nSPS) is 11.9. The first-order chi connectivity index (χ1) is 8.65. The zero-order chi connectivity index (χ0) is 13.0. The Labute approximate surface area is 112 Å². The fourth-order valence-electron chi connectivity index (χ4n) is 1.25. The second-order valence-corrected chi connectivity index (χ2v) is 4.47. The molecule has 18 heavy (non-hydrogen) atoms. The molecule has 0 aliphatic heterocycles. The summed E-state index contributed by atoms with van der Waals surface area (Å²) in [5, 5.41) is 7.16. The molecule has 0 bridgehead atoms. The molecule has 6 nitrogen and oxygen atoms in total. The molecule has 7 heteroatoms. The summed E-state index contributed by atoms with van der Waals surface area (Å²) >= 11 is 3.33. The molecule has 0 saturated carbocycles. The molecule has 1 amide bonds. The van der Waals surface area contributed by atoms with Gasteiger partial charge in [-0.3, -0.25) is 10.2 Å². The Balaban J connectivity index is 1.93. The van der Waals surface area contributed by atoms with Crippen molar-refractivity contribution in [1.29, 1.82) is 0 Å². The highest BCUT2D eigenvalue weighted by Crippen LogP contribution is 2.17. The number of nitrogens with one attached hydrogen (secondary N) is 1. The number of amides is 1. The van der Waals surface area contributed by atoms with Crippen LogP contribution in [0.25, 0.3) is 0 Å². The number of carbonyl (C=O) groups excluding carboxylic acids is 1. The molecule has 1 atom stereocenters. The lowest BCUT2D eigenvalue weighted by atomic mass is 10.3. The number of hydrogen-bond acceptors (Lipinski definition) is 4. The number of rotatable bonds is 4. The van der Waals surface area contributed by atoms with E-state index in [9.17, 15) is 4.79 Å². The standard InChI is InChI=1S/C11H11BrN4O2/c1-8(11(17)15-16-6-13-14-7-16)18-10-4-2-9(12)3-5-10/h2-8H,1H3,(H,15,17)/t8-/m1/s1. The van der Waals surface area contributed by atoms with Gasteiger partial charge in [0.05, 0.1) is 0 Å². The minimum Gasteiger partial charge on any atom is -0.481 e. The molecule has 1 aromatic carbocycles. The first kappa shape index (κ1) is 12.6. The Morgan fingerprint density at radius 3 is 2.56 bits per heavy atom. The maximum Gasteiger partial charge on any atom is 0.279 e. The summed E-state index contributed by atoms with van der Waals surface area (Å²) in [5.74, 6) is 0.349. The fourth-order valence-corrected chi connectivity index (χ4v) is 1.51. The van der Waals surface area contributed by atoms with Gasteiger partial charge in [-0.25, -0.2) is 4.68 Å². The number of ether oxygens (including phenoxy) is 1. The number of nitrogens with zero attached hydrogens (tertiary/aromatic N) is 3. The molecule has 0 saturated heterocycles. The van der Waals surface area contributed by atoms with Crippen LogP contribution in [0.2, 0.25) is 0 Å². The van der Waals surface area contributed by atoms with Crippen molar-refractivity contribution in [2.45, 2.75) is 13.0 Å². The van der Waals surface area contributed by atoms with Crippen LogP contribution in [0.15, 0.2) is 41.4 Å². The highest BCUT2D eigenvalue weighted by molar-refractivity contribution is 9.10. The second kappa shape index (κ2) is 5.63. The van der Waals surface area contributed by atoms with Crippen molar-refractivity contribution in [2.75, 3.05) is 5.43 Å². The third kappa shape index (κ3) is 3.30. The lowest BCUT2D eigenvalue weighted by Gasteiger charge is -2.14. The summed E-state index contributed by atoms with van der Waals surface area (Å²) in [6.45, 7) is 1.67. The van der Waals surface area contributed by atoms with Crippen LogP contribution >= 0.6 is 15.9 Å². The van der Waals surface area contributed by atoms with E-state index in [1.54, 1.807) is 19.1 Å². The Morgan fingerprint density at radius 2 is 1.94 bits per heavy atom. The molecule has 0 fully saturated rings. The van der Waals surface area contributed by atoms with Gasteiger partial charge in [-0.2, -0.15) is 0 Å². The van der Waals surface area contributed by atoms with Gasteiger partial charge >= 0.3 is 0 Å². The summed E-state index contributed by atoms with van der Waals surface area (Å²) in [7, 11) is 0. The number of hydrogen-bond donors (Lipinski definition) is 1. The molecule has 0 aliphatic rings. The van der Waals surface area contributed by atoms with Crippen molar-refractivity contribution in [2.24, 2.45) is 0 Å². The molecule has 1 heterocycles. The molecule has 0 aliphatic carbocycles. The lowest BCUT2D eigenvalue weighted by molar-refractivity contribution is -0.123. The topological polar surface area (TPSA) is 69.0 Å². The number of halogens is 1. The quantitative estimate of drug-likeness (QED) is 0.931. The van der Waals surface area contributed by atoms with Crippen molar-refractivity contribution in [3.63, 3.8) is 0 Å². The maximum atomic E-state index is 11.8. The van der Waals surface area contributed by atoms with Crippen LogP contribution in [0.1, 0.15) is 6.92 Å². The van der Waals surface area contributed by atoms with Gasteiger partial charge in [0.25, 0.3) is 5.91 Å². The second-order valence-electron chi connectivity index (χ2n) is 3.56. The van der Waals surface area contributed by atoms with Crippen molar-refractivity contribution in [3.8, 4) is 5.75 Å². The number of aromatic nitrogens is 3. The predicted octanol–water partition coefficient (Wildman–Crippen LogP) is 1.58. The van der Waals surface area contributed by atoms with Crippen LogP contribution in [-0.4, -0.2) is 26.9 Å². The Morgan fingerprint density at radius 1 is 1.33 bits per heavy atom. The van der Waals surface area contributed by atoms with Gasteiger partial charge in [-0.15, -0.1) is 10.2 Å². The summed E-state index contributed by atoms with van der Waals surface area (Å²) in [5.41, 5.74) is 2.57. The summed E-state index contributed by atoms with van der Waals surface area (Å²) in [6, 6.07) is 7.26. The van der Waals surface area contributed by atoms with E-state index in [0.717, 1.165) is 4.47 Å². The van der Waals surface area contributed by atoms with Gasteiger partial charge in [0.15, 0.2) is 6.10 Å². The molecule has 2 aromatic rings. The van der Waals surface area contributed by atoms with E-state index in [2.05, 4.69) is 31.6 Å². The molecule has 0 radical (unpaired) electrons. The van der Waals surface area contributed by atoms with Gasteiger partial charge in [0.2, 0.25) is 0 Å². The van der Waals surface area contributed by atoms with Crippen molar-refractivity contribution < 1.29 is 9.53 Å². The molecule has 1 aromatic heterocycles. The Bertz CT molecular complexity index is 512. The van der Waals surface area contributed by atoms with Gasteiger partial charge in [-0.1, -0.05) is 15.9 Å². The van der Waals surface area contributed by atoms with Gasteiger partial charge < -0.3 is 4.74 Å². The van der Waals surface area contributed by atoms with Crippen molar-refractivity contribution >= 4 is 21.8 Å². The third-order valence-corrected chi connectivity index (χ3v) is 2.68. The molecular formula is C11H11BrN4O2.